The van der Waals surface area contributed by atoms with E-state index in [9.17, 15) is 4.79 Å². The number of ether oxygens (including phenoxy) is 1. The molecule has 0 spiro atoms. The van der Waals surface area contributed by atoms with Crippen molar-refractivity contribution in [2.45, 2.75) is 58.7 Å². The molecule has 6 heteroatoms. The number of rotatable bonds is 3. The van der Waals surface area contributed by atoms with Gasteiger partial charge in [0.15, 0.2) is 0 Å². The third-order valence-corrected chi connectivity index (χ3v) is 5.06. The van der Waals surface area contributed by atoms with E-state index < -0.39 is 0 Å². The van der Waals surface area contributed by atoms with Crippen molar-refractivity contribution in [2.75, 3.05) is 5.84 Å². The minimum absolute atomic E-state index is 0.124. The molecule has 0 unspecified atom stereocenters. The molecule has 21 heavy (non-hydrogen) atoms. The zero-order valence-electron chi connectivity index (χ0n) is 12.7. The van der Waals surface area contributed by atoms with Gasteiger partial charge in [-0.15, -0.1) is 11.3 Å². The fourth-order valence-electron chi connectivity index (χ4n) is 2.76. The number of aryl methyl sites for hydroxylation is 1. The van der Waals surface area contributed by atoms with Gasteiger partial charge in [0.05, 0.1) is 17.6 Å². The van der Waals surface area contributed by atoms with Crippen molar-refractivity contribution in [3.05, 3.63) is 26.6 Å². The van der Waals surface area contributed by atoms with Crippen LogP contribution >= 0.6 is 11.3 Å². The summed E-state index contributed by atoms with van der Waals surface area (Å²) in [6.07, 6.45) is 3.50. The van der Waals surface area contributed by atoms with Gasteiger partial charge in [0.25, 0.3) is 5.56 Å². The molecule has 0 saturated heterocycles. The molecule has 0 aromatic carbocycles. The predicted octanol–water partition coefficient (Wildman–Crippen LogP) is 2.37. The maximum absolute atomic E-state index is 12.6. The smallest absolute Gasteiger partial charge is 0.280 e. The summed E-state index contributed by atoms with van der Waals surface area (Å²) in [6.45, 7) is 6.76. The molecule has 114 valence electrons. The molecule has 2 N–H and O–H groups in total. The first-order valence-electron chi connectivity index (χ1n) is 7.38. The number of hydrogen-bond donors (Lipinski definition) is 1. The van der Waals surface area contributed by atoms with Crippen molar-refractivity contribution in [3.63, 3.8) is 0 Å². The van der Waals surface area contributed by atoms with Gasteiger partial charge in [0.2, 0.25) is 0 Å². The summed E-state index contributed by atoms with van der Waals surface area (Å²) in [5.74, 6) is 6.64. The third-order valence-electron chi connectivity index (χ3n) is 3.96. The standard InChI is InChI=1S/C15H21N3O2S/c1-4-5-6-11-17-13-12(14(19)18(11)16)9-7-15(2,3)20-8-10(9)21-13/h4-8,16H2,1-3H3. The largest absolute Gasteiger partial charge is 0.370 e. The Morgan fingerprint density at radius 1 is 1.48 bits per heavy atom. The number of aromatic nitrogens is 2. The van der Waals surface area contributed by atoms with Crippen LogP contribution < -0.4 is 11.4 Å². The molecule has 0 aliphatic carbocycles. The highest BCUT2D eigenvalue weighted by atomic mass is 32.1. The molecule has 0 saturated carbocycles. The van der Waals surface area contributed by atoms with Crippen molar-refractivity contribution in [1.82, 2.24) is 9.66 Å². The Bertz CT molecular complexity index is 745. The summed E-state index contributed by atoms with van der Waals surface area (Å²) in [4.78, 5) is 19.2. The summed E-state index contributed by atoms with van der Waals surface area (Å²) >= 11 is 1.57. The summed E-state index contributed by atoms with van der Waals surface area (Å²) in [5.41, 5.74) is 0.708. The Morgan fingerprint density at radius 3 is 2.95 bits per heavy atom. The summed E-state index contributed by atoms with van der Waals surface area (Å²) in [5, 5.41) is 0.689. The molecule has 3 heterocycles. The maximum atomic E-state index is 12.6. The van der Waals surface area contributed by atoms with Crippen LogP contribution in [0.3, 0.4) is 0 Å². The van der Waals surface area contributed by atoms with E-state index >= 15 is 0 Å². The van der Waals surface area contributed by atoms with Gasteiger partial charge < -0.3 is 10.6 Å². The summed E-state index contributed by atoms with van der Waals surface area (Å²) in [6, 6.07) is 0. The quantitative estimate of drug-likeness (QED) is 0.884. The van der Waals surface area contributed by atoms with Crippen LogP contribution in [0.4, 0.5) is 0 Å². The Balaban J connectivity index is 2.17. The molecule has 0 fully saturated rings. The topological polar surface area (TPSA) is 70.1 Å². The average Bonchev–Trinajstić information content (AvgIpc) is 2.77. The van der Waals surface area contributed by atoms with E-state index in [0.29, 0.717) is 17.8 Å². The number of unbranched alkanes of at least 4 members (excludes halogenated alkanes) is 1. The third kappa shape index (κ3) is 2.46. The monoisotopic (exact) mass is 307 g/mol. The molecule has 0 bridgehead atoms. The lowest BCUT2D eigenvalue weighted by atomic mass is 9.94. The van der Waals surface area contributed by atoms with E-state index in [-0.39, 0.29) is 11.2 Å². The molecule has 1 aliphatic heterocycles. The van der Waals surface area contributed by atoms with E-state index in [0.717, 1.165) is 41.0 Å². The van der Waals surface area contributed by atoms with Gasteiger partial charge in [-0.3, -0.25) is 4.79 Å². The molecule has 2 aromatic rings. The Labute approximate surface area is 127 Å². The predicted molar refractivity (Wildman–Crippen MR) is 85.2 cm³/mol. The van der Waals surface area contributed by atoms with Crippen molar-refractivity contribution in [1.29, 1.82) is 0 Å². The second-order valence-electron chi connectivity index (χ2n) is 6.22. The van der Waals surface area contributed by atoms with Crippen LogP contribution in [0.5, 0.6) is 0 Å². The minimum Gasteiger partial charge on any atom is -0.370 e. The van der Waals surface area contributed by atoms with Gasteiger partial charge in [-0.25, -0.2) is 9.66 Å². The van der Waals surface area contributed by atoms with Crippen molar-refractivity contribution < 1.29 is 4.74 Å². The van der Waals surface area contributed by atoms with Crippen molar-refractivity contribution >= 4 is 21.6 Å². The second kappa shape index (κ2) is 5.10. The first-order chi connectivity index (χ1) is 9.93. The fourth-order valence-corrected chi connectivity index (χ4v) is 3.87. The van der Waals surface area contributed by atoms with Crippen LogP contribution in [-0.4, -0.2) is 15.3 Å². The highest BCUT2D eigenvalue weighted by Crippen LogP contribution is 2.36. The lowest BCUT2D eigenvalue weighted by molar-refractivity contribution is -0.0379. The van der Waals surface area contributed by atoms with Crippen LogP contribution in [0.2, 0.25) is 0 Å². The molecule has 2 aromatic heterocycles. The molecule has 0 amide bonds. The normalized spacial score (nSPS) is 17.1. The molecule has 3 rings (SSSR count). The van der Waals surface area contributed by atoms with E-state index in [1.54, 1.807) is 11.3 Å². The molecular weight excluding hydrogens is 286 g/mol. The van der Waals surface area contributed by atoms with Crippen molar-refractivity contribution in [2.24, 2.45) is 0 Å². The molecule has 5 nitrogen and oxygen atoms in total. The van der Waals surface area contributed by atoms with Gasteiger partial charge in [-0.1, -0.05) is 13.3 Å². The number of fused-ring (bicyclic) bond motifs is 3. The first kappa shape index (κ1) is 14.5. The Kier molecular flexibility index (Phi) is 3.53. The SMILES string of the molecule is CCCCc1nc2sc3c(c2c(=O)n1N)CC(C)(C)OC3. The number of thiophene rings is 1. The van der Waals surface area contributed by atoms with Crippen LogP contribution in [0, 0.1) is 0 Å². The van der Waals surface area contributed by atoms with E-state index in [4.69, 9.17) is 10.6 Å². The number of nitrogen functional groups attached to an aromatic ring is 1. The lowest BCUT2D eigenvalue weighted by Gasteiger charge is -2.29. The molecular formula is C15H21N3O2S. The van der Waals surface area contributed by atoms with E-state index in [1.165, 1.54) is 4.68 Å². The second-order valence-corrected chi connectivity index (χ2v) is 7.30. The van der Waals surface area contributed by atoms with E-state index in [1.807, 2.05) is 13.8 Å². The van der Waals surface area contributed by atoms with Crippen LogP contribution in [-0.2, 0) is 24.2 Å². The lowest BCUT2D eigenvalue weighted by Crippen LogP contribution is -2.34. The Morgan fingerprint density at radius 2 is 2.24 bits per heavy atom. The van der Waals surface area contributed by atoms with Crippen LogP contribution in [0.15, 0.2) is 4.79 Å². The Hall–Kier alpha value is -1.40. The van der Waals surface area contributed by atoms with Crippen molar-refractivity contribution in [3.8, 4) is 0 Å². The zero-order chi connectivity index (χ0) is 15.2. The first-order valence-corrected chi connectivity index (χ1v) is 8.20. The van der Waals surface area contributed by atoms with Gasteiger partial charge in [-0.05, 0) is 25.8 Å². The highest BCUT2D eigenvalue weighted by Gasteiger charge is 2.31. The minimum atomic E-state index is -0.242. The summed E-state index contributed by atoms with van der Waals surface area (Å²) in [7, 11) is 0. The molecule has 0 atom stereocenters. The highest BCUT2D eigenvalue weighted by molar-refractivity contribution is 7.18. The number of nitrogens with two attached hydrogens (primary N) is 1. The van der Waals surface area contributed by atoms with Gasteiger partial charge >= 0.3 is 0 Å². The zero-order valence-corrected chi connectivity index (χ0v) is 13.5. The summed E-state index contributed by atoms with van der Waals surface area (Å²) < 4.78 is 7.06. The fraction of sp³-hybridized carbons (Fsp3) is 0.600. The molecule has 1 aliphatic rings. The van der Waals surface area contributed by atoms with Gasteiger partial charge in [0, 0.05) is 17.7 Å². The number of nitrogens with zero attached hydrogens (tertiary/aromatic N) is 2. The van der Waals surface area contributed by atoms with Crippen LogP contribution in [0.1, 0.15) is 49.9 Å². The maximum Gasteiger partial charge on any atom is 0.280 e. The number of hydrogen-bond acceptors (Lipinski definition) is 5. The van der Waals surface area contributed by atoms with Gasteiger partial charge in [0.1, 0.15) is 10.7 Å². The average molecular weight is 307 g/mol. The van der Waals surface area contributed by atoms with E-state index in [2.05, 4.69) is 11.9 Å². The molecule has 0 radical (unpaired) electrons. The van der Waals surface area contributed by atoms with Crippen LogP contribution in [0.25, 0.3) is 10.2 Å². The van der Waals surface area contributed by atoms with Gasteiger partial charge in [-0.2, -0.15) is 0 Å².